The summed E-state index contributed by atoms with van der Waals surface area (Å²) >= 11 is 13.7. The number of fused-ring (bicyclic) bond motifs is 2. The molecule has 4 unspecified atom stereocenters. The second kappa shape index (κ2) is 16.0. The van der Waals surface area contributed by atoms with E-state index in [1.807, 2.05) is 24.3 Å². The number of alkyl halides is 2. The van der Waals surface area contributed by atoms with Crippen molar-refractivity contribution in [3.63, 3.8) is 0 Å². The Morgan fingerprint density at radius 1 is 0.615 bits per heavy atom. The van der Waals surface area contributed by atoms with E-state index in [-0.39, 0.29) is 36.9 Å². The molecule has 280 valence electrons. The maximum atomic E-state index is 7.36. The third-order valence-corrected chi connectivity index (χ3v) is 12.3. The zero-order valence-electron chi connectivity index (χ0n) is 30.4. The van der Waals surface area contributed by atoms with Gasteiger partial charge < -0.3 is 62.2 Å². The zero-order valence-corrected chi connectivity index (χ0v) is 33.5. The molecule has 8 nitrogen and oxygen atoms in total. The lowest BCUT2D eigenvalue weighted by atomic mass is 9.85. The fourth-order valence-electron chi connectivity index (χ4n) is 8.08. The van der Waals surface area contributed by atoms with Crippen molar-refractivity contribution in [3.05, 3.63) is 94.0 Å². The second-order valence-electron chi connectivity index (χ2n) is 14.1. The predicted octanol–water partition coefficient (Wildman–Crippen LogP) is 2.59. The Morgan fingerprint density at radius 3 is 1.77 bits per heavy atom. The van der Waals surface area contributed by atoms with Crippen LogP contribution in [0.5, 0.6) is 46.0 Å². The minimum Gasteiger partial charge on any atom is -1.00 e. The molecule has 4 heterocycles. The van der Waals surface area contributed by atoms with Crippen molar-refractivity contribution >= 4 is 23.2 Å². The van der Waals surface area contributed by atoms with Gasteiger partial charge in [0.1, 0.15) is 17.8 Å². The van der Waals surface area contributed by atoms with Gasteiger partial charge >= 0.3 is 0 Å². The molecule has 0 aromatic heterocycles. The van der Waals surface area contributed by atoms with Crippen molar-refractivity contribution < 1.29 is 62.2 Å². The first-order valence-corrected chi connectivity index (χ1v) is 18.2. The van der Waals surface area contributed by atoms with Gasteiger partial charge in [0, 0.05) is 25.7 Å². The van der Waals surface area contributed by atoms with E-state index < -0.39 is 0 Å². The van der Waals surface area contributed by atoms with Gasteiger partial charge in [-0.15, -0.1) is 0 Å². The number of rotatable bonds is 6. The molecule has 0 spiro atoms. The van der Waals surface area contributed by atoms with Crippen LogP contribution in [0.1, 0.15) is 45.5 Å². The molecule has 4 aliphatic rings. The molecule has 0 N–H and O–H groups in total. The van der Waals surface area contributed by atoms with Crippen LogP contribution in [0.25, 0.3) is 0 Å². The predicted molar refractivity (Wildman–Crippen MR) is 196 cm³/mol. The summed E-state index contributed by atoms with van der Waals surface area (Å²) in [6.45, 7) is 1.74. The average molecular weight is 793 g/mol. The van der Waals surface area contributed by atoms with Crippen molar-refractivity contribution in [2.24, 2.45) is 0 Å². The highest BCUT2D eigenvalue weighted by Crippen LogP contribution is 2.55. The fraction of sp³-hybridized carbons (Fsp3) is 0.400. The number of hydrogen-bond donors (Lipinski definition) is 0. The third-order valence-electron chi connectivity index (χ3n) is 11.2. The van der Waals surface area contributed by atoms with E-state index in [1.165, 1.54) is 5.56 Å². The average Bonchev–Trinajstić information content (AvgIpc) is 3.14. The van der Waals surface area contributed by atoms with E-state index in [9.17, 15) is 0 Å². The van der Waals surface area contributed by atoms with Crippen molar-refractivity contribution in [3.8, 4) is 46.0 Å². The summed E-state index contributed by atoms with van der Waals surface area (Å²) in [7, 11) is 11.1. The molecule has 12 heteroatoms. The number of ether oxygens (including phenoxy) is 6. The highest BCUT2D eigenvalue weighted by atomic mass is 35.5. The van der Waals surface area contributed by atoms with E-state index in [0.29, 0.717) is 67.6 Å². The molecule has 4 aromatic carbocycles. The van der Waals surface area contributed by atoms with Crippen LogP contribution in [-0.4, -0.2) is 76.6 Å². The maximum Gasteiger partial charge on any atom is 0.204 e. The van der Waals surface area contributed by atoms with Gasteiger partial charge in [0.15, 0.2) is 46.5 Å². The number of benzene rings is 4. The van der Waals surface area contributed by atoms with Gasteiger partial charge in [-0.1, -0.05) is 47.5 Å². The summed E-state index contributed by atoms with van der Waals surface area (Å²) in [6, 6.07) is 21.5. The summed E-state index contributed by atoms with van der Waals surface area (Å²) in [6.07, 6.45) is 3.05. The first-order valence-electron chi connectivity index (χ1n) is 17.1. The van der Waals surface area contributed by atoms with Gasteiger partial charge in [-0.05, 0) is 58.7 Å². The van der Waals surface area contributed by atoms with E-state index in [2.05, 4.69) is 50.5 Å². The number of likely N-dealkylation sites (N-methyl/N-ethyl adjacent to an activating group) is 2. The molecular formula is C40H46Cl4N2O6. The van der Waals surface area contributed by atoms with Crippen molar-refractivity contribution in [2.45, 2.75) is 37.8 Å². The third kappa shape index (κ3) is 6.94. The molecule has 4 aliphatic heterocycles. The smallest absolute Gasteiger partial charge is 0.204 e. The van der Waals surface area contributed by atoms with Crippen LogP contribution in [0, 0.1) is 0 Å². The SMILES string of the molecule is COc1ccc2cc1Oc1ccc(cc1)CC1c3c(ccc(OC)c3Oc3c(OC)c(OC)cc4c3C(C2)[N+](C)(CCl)CC4)CC[N+]1(C)CCl.[Cl-].[Cl-]. The van der Waals surface area contributed by atoms with E-state index in [0.717, 1.165) is 65.9 Å². The van der Waals surface area contributed by atoms with E-state index >= 15 is 0 Å². The van der Waals surface area contributed by atoms with Gasteiger partial charge in [0.05, 0.1) is 66.8 Å². The number of quaternary nitrogens is 2. The lowest BCUT2D eigenvalue weighted by Crippen LogP contribution is -3.00. The summed E-state index contributed by atoms with van der Waals surface area (Å²) in [5.41, 5.74) is 6.76. The number of methoxy groups -OCH3 is 4. The molecule has 8 rings (SSSR count). The molecule has 0 saturated carbocycles. The largest absolute Gasteiger partial charge is 1.00 e. The highest BCUT2D eigenvalue weighted by Gasteiger charge is 2.45. The Morgan fingerprint density at radius 2 is 1.17 bits per heavy atom. The van der Waals surface area contributed by atoms with Crippen molar-refractivity contribution in [1.82, 2.24) is 0 Å². The van der Waals surface area contributed by atoms with Crippen LogP contribution in [0.2, 0.25) is 0 Å². The van der Waals surface area contributed by atoms with Crippen LogP contribution < -0.4 is 53.2 Å². The van der Waals surface area contributed by atoms with Gasteiger partial charge in [-0.2, -0.15) is 0 Å². The van der Waals surface area contributed by atoms with Gasteiger partial charge in [0.25, 0.3) is 0 Å². The molecule has 0 aliphatic carbocycles. The lowest BCUT2D eigenvalue weighted by Gasteiger charge is -2.46. The minimum absolute atomic E-state index is 0. The topological polar surface area (TPSA) is 55.4 Å². The fourth-order valence-corrected chi connectivity index (χ4v) is 8.66. The Balaban J connectivity index is 0.00000261. The van der Waals surface area contributed by atoms with Crippen LogP contribution >= 0.6 is 23.2 Å². The number of nitrogens with zero attached hydrogens (tertiary/aromatic N) is 2. The van der Waals surface area contributed by atoms with Crippen LogP contribution in [0.3, 0.4) is 0 Å². The maximum absolute atomic E-state index is 7.36. The molecular weight excluding hydrogens is 746 g/mol. The van der Waals surface area contributed by atoms with Gasteiger partial charge in [-0.3, -0.25) is 0 Å². The Hall–Kier alpha value is -3.24. The summed E-state index contributed by atoms with van der Waals surface area (Å²) in [5.74, 6) is 5.16. The zero-order chi connectivity index (χ0) is 35.2. The first kappa shape index (κ1) is 40.0. The number of halogens is 4. The quantitative estimate of drug-likeness (QED) is 0.170. The molecule has 0 fully saturated rings. The van der Waals surface area contributed by atoms with E-state index in [1.54, 1.807) is 28.4 Å². The Bertz CT molecular complexity index is 1910. The first-order chi connectivity index (χ1) is 24.2. The van der Waals surface area contributed by atoms with Gasteiger partial charge in [0.2, 0.25) is 5.75 Å². The summed E-state index contributed by atoms with van der Waals surface area (Å²) in [4.78, 5) is 0. The van der Waals surface area contributed by atoms with Gasteiger partial charge in [-0.25, -0.2) is 0 Å². The second-order valence-corrected chi connectivity index (χ2v) is 14.6. The molecule has 4 bridgehead atoms. The highest BCUT2D eigenvalue weighted by molar-refractivity contribution is 6.17. The lowest BCUT2D eigenvalue weighted by molar-refractivity contribution is -0.931. The van der Waals surface area contributed by atoms with Crippen LogP contribution in [0.15, 0.2) is 60.7 Å². The Kier molecular flexibility index (Phi) is 12.3. The molecule has 4 aromatic rings. The normalized spacial score (nSPS) is 22.8. The van der Waals surface area contributed by atoms with Crippen LogP contribution in [0.4, 0.5) is 0 Å². The molecule has 52 heavy (non-hydrogen) atoms. The summed E-state index contributed by atoms with van der Waals surface area (Å²) < 4.78 is 39.1. The molecule has 0 saturated heterocycles. The molecule has 4 atom stereocenters. The number of hydrogen-bond acceptors (Lipinski definition) is 6. The summed E-state index contributed by atoms with van der Waals surface area (Å²) in [5, 5.41) is 0. The Labute approximate surface area is 329 Å². The van der Waals surface area contributed by atoms with E-state index in [4.69, 9.17) is 51.6 Å². The monoisotopic (exact) mass is 790 g/mol. The standard InChI is InChI=1S/C40H46Cl2N2O6.2ClH/c1-43(23-41)17-15-27-10-14-33(46-4)38-36(27)30(43)19-25-7-11-29(12-8-25)49-34-21-26(9-13-32(34)45-3)20-31-37-28(16-18-44(31,2)24-42)22-35(47-5)39(48-6)40(37)50-38;;/h7-14,21-22,30-31H,15-20,23-24H2,1-6H3;2*1H/q+2;;/p-2. The van der Waals surface area contributed by atoms with Crippen molar-refractivity contribution in [1.29, 1.82) is 0 Å². The van der Waals surface area contributed by atoms with Crippen LogP contribution in [-0.2, 0) is 25.7 Å². The minimum atomic E-state index is -0.0907. The molecule has 0 amide bonds. The molecule has 0 radical (unpaired) electrons. The van der Waals surface area contributed by atoms with Crippen molar-refractivity contribution in [2.75, 3.05) is 67.6 Å².